The number of nitrogens with zero attached hydrogens (tertiary/aromatic N) is 1. The van der Waals surface area contributed by atoms with Gasteiger partial charge in [0.25, 0.3) is 0 Å². The van der Waals surface area contributed by atoms with Crippen LogP contribution in [0.5, 0.6) is 0 Å². The minimum atomic E-state index is -0.566. The molecular weight excluding hydrogens is 230 g/mol. The SMILES string of the molecule is CCCC(O)CN1C(=O)C2CC(CC)CC2C1=O. The predicted octanol–water partition coefficient (Wildman–Crippen LogP) is 1.57. The van der Waals surface area contributed by atoms with Gasteiger partial charge in [-0.05, 0) is 25.2 Å². The van der Waals surface area contributed by atoms with E-state index >= 15 is 0 Å². The van der Waals surface area contributed by atoms with Gasteiger partial charge in [-0.25, -0.2) is 0 Å². The van der Waals surface area contributed by atoms with Gasteiger partial charge in [-0.2, -0.15) is 0 Å². The van der Waals surface area contributed by atoms with E-state index in [0.717, 1.165) is 25.7 Å². The maximum atomic E-state index is 12.2. The molecule has 3 atom stereocenters. The van der Waals surface area contributed by atoms with E-state index in [4.69, 9.17) is 0 Å². The van der Waals surface area contributed by atoms with Crippen molar-refractivity contribution in [1.29, 1.82) is 0 Å². The molecular formula is C14H23NO3. The van der Waals surface area contributed by atoms with E-state index in [1.54, 1.807) is 0 Å². The molecule has 2 rings (SSSR count). The minimum absolute atomic E-state index is 0.0453. The van der Waals surface area contributed by atoms with Gasteiger partial charge in [0.2, 0.25) is 11.8 Å². The molecule has 0 bridgehead atoms. The van der Waals surface area contributed by atoms with Crippen LogP contribution >= 0.6 is 0 Å². The molecule has 1 aliphatic heterocycles. The molecule has 102 valence electrons. The zero-order chi connectivity index (χ0) is 13.3. The highest BCUT2D eigenvalue weighted by atomic mass is 16.3. The van der Waals surface area contributed by atoms with Crippen LogP contribution in [0.25, 0.3) is 0 Å². The second-order valence-corrected chi connectivity index (χ2v) is 5.69. The number of hydrogen-bond donors (Lipinski definition) is 1. The van der Waals surface area contributed by atoms with E-state index in [2.05, 4.69) is 6.92 Å². The fraction of sp³-hybridized carbons (Fsp3) is 0.857. The van der Waals surface area contributed by atoms with Crippen LogP contribution in [0.1, 0.15) is 46.0 Å². The number of fused-ring (bicyclic) bond motifs is 1. The first-order valence-corrected chi connectivity index (χ1v) is 7.11. The average molecular weight is 253 g/mol. The van der Waals surface area contributed by atoms with Crippen LogP contribution in [0.2, 0.25) is 0 Å². The second kappa shape index (κ2) is 5.39. The summed E-state index contributed by atoms with van der Waals surface area (Å²) >= 11 is 0. The topological polar surface area (TPSA) is 57.6 Å². The van der Waals surface area contributed by atoms with E-state index in [0.29, 0.717) is 12.3 Å². The van der Waals surface area contributed by atoms with Crippen molar-refractivity contribution >= 4 is 11.8 Å². The summed E-state index contributed by atoms with van der Waals surface area (Å²) in [5.74, 6) is 0.232. The second-order valence-electron chi connectivity index (χ2n) is 5.69. The molecule has 3 unspecified atom stereocenters. The van der Waals surface area contributed by atoms with Gasteiger partial charge in [0.05, 0.1) is 24.5 Å². The molecule has 0 aromatic carbocycles. The highest BCUT2D eigenvalue weighted by molar-refractivity contribution is 6.05. The first-order chi connectivity index (χ1) is 8.58. The van der Waals surface area contributed by atoms with Gasteiger partial charge in [0, 0.05) is 0 Å². The molecule has 0 aromatic heterocycles. The van der Waals surface area contributed by atoms with Crippen molar-refractivity contribution < 1.29 is 14.7 Å². The summed E-state index contributed by atoms with van der Waals surface area (Å²) in [5.41, 5.74) is 0. The number of aliphatic hydroxyl groups is 1. The number of hydrogen-bond acceptors (Lipinski definition) is 3. The standard InChI is InChI=1S/C14H23NO3/c1-3-5-10(16)8-15-13(17)11-6-9(4-2)7-12(11)14(15)18/h9-12,16H,3-8H2,1-2H3. The average Bonchev–Trinajstić information content (AvgIpc) is 2.86. The molecule has 1 N–H and O–H groups in total. The number of likely N-dealkylation sites (tertiary alicyclic amines) is 1. The maximum absolute atomic E-state index is 12.2. The number of carbonyl (C=O) groups excluding carboxylic acids is 2. The number of rotatable bonds is 5. The first kappa shape index (κ1) is 13.5. The van der Waals surface area contributed by atoms with Gasteiger partial charge in [-0.15, -0.1) is 0 Å². The zero-order valence-corrected chi connectivity index (χ0v) is 11.3. The van der Waals surface area contributed by atoms with Crippen LogP contribution < -0.4 is 0 Å². The molecule has 2 amide bonds. The first-order valence-electron chi connectivity index (χ1n) is 7.11. The number of amides is 2. The quantitative estimate of drug-likeness (QED) is 0.757. The molecule has 4 heteroatoms. The Hall–Kier alpha value is -0.900. The molecule has 1 heterocycles. The summed E-state index contributed by atoms with van der Waals surface area (Å²) in [7, 11) is 0. The van der Waals surface area contributed by atoms with Gasteiger partial charge in [-0.1, -0.05) is 26.7 Å². The summed E-state index contributed by atoms with van der Waals surface area (Å²) < 4.78 is 0. The molecule has 18 heavy (non-hydrogen) atoms. The van der Waals surface area contributed by atoms with Crippen molar-refractivity contribution in [2.75, 3.05) is 6.54 Å². The molecule has 4 nitrogen and oxygen atoms in total. The van der Waals surface area contributed by atoms with Crippen LogP contribution in [0, 0.1) is 17.8 Å². The van der Waals surface area contributed by atoms with Gasteiger partial charge >= 0.3 is 0 Å². The lowest BCUT2D eigenvalue weighted by Gasteiger charge is -2.20. The lowest BCUT2D eigenvalue weighted by molar-refractivity contribution is -0.142. The number of β-amino-alcohol motifs (C(OH)–C–C–N with tert-alkyl or cyclic N) is 1. The number of imide groups is 1. The number of aliphatic hydroxyl groups excluding tert-OH is 1. The molecule has 1 saturated carbocycles. The van der Waals surface area contributed by atoms with Gasteiger partial charge in [0.1, 0.15) is 0 Å². The van der Waals surface area contributed by atoms with Crippen molar-refractivity contribution in [2.24, 2.45) is 17.8 Å². The number of carbonyl (C=O) groups is 2. The Kier molecular flexibility index (Phi) is 4.05. The summed E-state index contributed by atoms with van der Waals surface area (Å²) in [6.07, 6.45) is 3.69. The fourth-order valence-corrected chi connectivity index (χ4v) is 3.35. The Labute approximate surface area is 108 Å². The van der Waals surface area contributed by atoms with E-state index < -0.39 is 6.10 Å². The van der Waals surface area contributed by atoms with Gasteiger partial charge in [0.15, 0.2) is 0 Å². The third-order valence-corrected chi connectivity index (χ3v) is 4.42. The zero-order valence-electron chi connectivity index (χ0n) is 11.3. The van der Waals surface area contributed by atoms with Crippen molar-refractivity contribution in [3.8, 4) is 0 Å². The van der Waals surface area contributed by atoms with Crippen LogP contribution in [0.3, 0.4) is 0 Å². The molecule has 1 aliphatic carbocycles. The van der Waals surface area contributed by atoms with Crippen molar-refractivity contribution in [3.63, 3.8) is 0 Å². The normalized spacial score (nSPS) is 33.1. The largest absolute Gasteiger partial charge is 0.391 e. The lowest BCUT2D eigenvalue weighted by atomic mass is 10.00. The Morgan fingerprint density at radius 1 is 1.22 bits per heavy atom. The maximum Gasteiger partial charge on any atom is 0.233 e. The third-order valence-electron chi connectivity index (χ3n) is 4.42. The Morgan fingerprint density at radius 2 is 1.78 bits per heavy atom. The Balaban J connectivity index is 2.00. The lowest BCUT2D eigenvalue weighted by Crippen LogP contribution is -2.38. The van der Waals surface area contributed by atoms with Crippen LogP contribution in [0.4, 0.5) is 0 Å². The molecule has 2 fully saturated rings. The van der Waals surface area contributed by atoms with Gasteiger partial charge in [-0.3, -0.25) is 14.5 Å². The predicted molar refractivity (Wildman–Crippen MR) is 67.6 cm³/mol. The Bertz CT molecular complexity index is 318. The van der Waals surface area contributed by atoms with E-state index in [1.807, 2.05) is 6.92 Å². The third kappa shape index (κ3) is 2.30. The fourth-order valence-electron chi connectivity index (χ4n) is 3.35. The van der Waals surface area contributed by atoms with E-state index in [9.17, 15) is 14.7 Å². The Morgan fingerprint density at radius 3 is 2.22 bits per heavy atom. The van der Waals surface area contributed by atoms with Crippen molar-refractivity contribution in [1.82, 2.24) is 4.90 Å². The monoisotopic (exact) mass is 253 g/mol. The summed E-state index contributed by atoms with van der Waals surface area (Å²) in [6.45, 7) is 4.29. The molecule has 2 aliphatic rings. The smallest absolute Gasteiger partial charge is 0.233 e. The van der Waals surface area contributed by atoms with Crippen LogP contribution in [-0.2, 0) is 9.59 Å². The molecule has 0 spiro atoms. The molecule has 0 radical (unpaired) electrons. The summed E-state index contributed by atoms with van der Waals surface area (Å²) in [5, 5.41) is 9.76. The van der Waals surface area contributed by atoms with Crippen LogP contribution in [-0.4, -0.2) is 34.5 Å². The molecule has 0 aromatic rings. The van der Waals surface area contributed by atoms with Gasteiger partial charge < -0.3 is 5.11 Å². The van der Waals surface area contributed by atoms with Crippen molar-refractivity contribution in [2.45, 2.75) is 52.1 Å². The van der Waals surface area contributed by atoms with E-state index in [1.165, 1.54) is 4.90 Å². The van der Waals surface area contributed by atoms with Crippen molar-refractivity contribution in [3.05, 3.63) is 0 Å². The molecule has 1 saturated heterocycles. The minimum Gasteiger partial charge on any atom is -0.391 e. The summed E-state index contributed by atoms with van der Waals surface area (Å²) in [6, 6.07) is 0. The van der Waals surface area contributed by atoms with E-state index in [-0.39, 0.29) is 30.2 Å². The highest BCUT2D eigenvalue weighted by Gasteiger charge is 2.52. The van der Waals surface area contributed by atoms with Crippen LogP contribution in [0.15, 0.2) is 0 Å². The summed E-state index contributed by atoms with van der Waals surface area (Å²) in [4.78, 5) is 25.7. The highest BCUT2D eigenvalue weighted by Crippen LogP contribution is 2.44.